The van der Waals surface area contributed by atoms with Crippen molar-refractivity contribution in [2.75, 3.05) is 14.1 Å². The zero-order valence-electron chi connectivity index (χ0n) is 8.58. The second-order valence-corrected chi connectivity index (χ2v) is 3.15. The van der Waals surface area contributed by atoms with Crippen LogP contribution in [0.1, 0.15) is 5.56 Å². The minimum Gasteiger partial charge on any atom is -0.358 e. The first kappa shape index (κ1) is 10.7. The highest BCUT2D eigenvalue weighted by atomic mass is 16.2. The molecule has 0 aliphatic carbocycles. The van der Waals surface area contributed by atoms with Crippen LogP contribution in [0, 0.1) is 0 Å². The molecule has 1 aromatic rings. The molecule has 0 saturated heterocycles. The highest BCUT2D eigenvalue weighted by Crippen LogP contribution is 2.02. The molecule has 1 atom stereocenters. The molecule has 1 rings (SSSR count). The fourth-order valence-electron chi connectivity index (χ4n) is 1.35. The second-order valence-electron chi connectivity index (χ2n) is 3.15. The molecule has 1 amide bonds. The van der Waals surface area contributed by atoms with E-state index in [-0.39, 0.29) is 11.9 Å². The Kier molecular flexibility index (Phi) is 4.13. The van der Waals surface area contributed by atoms with Gasteiger partial charge >= 0.3 is 0 Å². The van der Waals surface area contributed by atoms with Crippen molar-refractivity contribution < 1.29 is 4.79 Å². The van der Waals surface area contributed by atoms with Crippen molar-refractivity contribution in [3.8, 4) is 0 Å². The summed E-state index contributed by atoms with van der Waals surface area (Å²) in [4.78, 5) is 11.4. The Balaban J connectivity index is 2.62. The van der Waals surface area contributed by atoms with Crippen LogP contribution in [-0.2, 0) is 11.2 Å². The van der Waals surface area contributed by atoms with E-state index in [4.69, 9.17) is 0 Å². The summed E-state index contributed by atoms with van der Waals surface area (Å²) in [6, 6.07) is 9.82. The van der Waals surface area contributed by atoms with Crippen LogP contribution in [0.2, 0.25) is 0 Å². The predicted molar refractivity (Wildman–Crippen MR) is 57.1 cm³/mol. The van der Waals surface area contributed by atoms with Gasteiger partial charge in [0.2, 0.25) is 5.91 Å². The molecule has 0 unspecified atom stereocenters. The molecule has 2 N–H and O–H groups in total. The number of carbonyl (C=O) groups excluding carboxylic acids is 1. The first-order valence-electron chi connectivity index (χ1n) is 4.70. The van der Waals surface area contributed by atoms with Crippen molar-refractivity contribution in [2.24, 2.45) is 0 Å². The van der Waals surface area contributed by atoms with Crippen LogP contribution in [0.3, 0.4) is 0 Å². The molecule has 0 fully saturated rings. The van der Waals surface area contributed by atoms with Crippen LogP contribution in [0.15, 0.2) is 30.3 Å². The van der Waals surface area contributed by atoms with Gasteiger partial charge in [-0.15, -0.1) is 0 Å². The first-order chi connectivity index (χ1) is 6.77. The Bertz CT molecular complexity index is 285. The van der Waals surface area contributed by atoms with Crippen molar-refractivity contribution in [3.05, 3.63) is 35.9 Å². The smallest absolute Gasteiger partial charge is 0.237 e. The Hall–Kier alpha value is -1.35. The maximum Gasteiger partial charge on any atom is 0.237 e. The van der Waals surface area contributed by atoms with E-state index in [0.29, 0.717) is 0 Å². The topological polar surface area (TPSA) is 41.1 Å². The fraction of sp³-hybridized carbons (Fsp3) is 0.364. The normalized spacial score (nSPS) is 12.1. The Morgan fingerprint density at radius 2 is 1.93 bits per heavy atom. The lowest BCUT2D eigenvalue weighted by Gasteiger charge is -2.14. The van der Waals surface area contributed by atoms with E-state index in [1.807, 2.05) is 30.3 Å². The highest BCUT2D eigenvalue weighted by Gasteiger charge is 2.14. The molecule has 3 nitrogen and oxygen atoms in total. The summed E-state index contributed by atoms with van der Waals surface area (Å²) < 4.78 is 0. The SMILES string of the molecule is CNC(=O)[C@H](Cc1ccccc1)NC. The van der Waals surface area contributed by atoms with E-state index in [2.05, 4.69) is 10.6 Å². The number of hydrogen-bond acceptors (Lipinski definition) is 2. The third-order valence-electron chi connectivity index (χ3n) is 2.19. The van der Waals surface area contributed by atoms with Gasteiger partial charge in [0.1, 0.15) is 0 Å². The van der Waals surface area contributed by atoms with Crippen LogP contribution in [-0.4, -0.2) is 26.0 Å². The average molecular weight is 192 g/mol. The van der Waals surface area contributed by atoms with Gasteiger partial charge < -0.3 is 10.6 Å². The van der Waals surface area contributed by atoms with Crippen molar-refractivity contribution in [3.63, 3.8) is 0 Å². The highest BCUT2D eigenvalue weighted by molar-refractivity contribution is 5.81. The van der Waals surface area contributed by atoms with Crippen molar-refractivity contribution in [1.29, 1.82) is 0 Å². The maximum atomic E-state index is 11.4. The lowest BCUT2D eigenvalue weighted by Crippen LogP contribution is -2.42. The molecule has 0 aliphatic heterocycles. The van der Waals surface area contributed by atoms with Crippen LogP contribution >= 0.6 is 0 Å². The summed E-state index contributed by atoms with van der Waals surface area (Å²) in [6.07, 6.45) is 0.719. The predicted octanol–water partition coefficient (Wildman–Crippen LogP) is 0.563. The molecule has 1 aromatic carbocycles. The van der Waals surface area contributed by atoms with Crippen LogP contribution in [0.4, 0.5) is 0 Å². The molecule has 3 heteroatoms. The second kappa shape index (κ2) is 5.40. The molecule has 0 spiro atoms. The number of amides is 1. The number of likely N-dealkylation sites (N-methyl/N-ethyl adjacent to an activating group) is 2. The minimum atomic E-state index is -0.151. The molecular formula is C11H16N2O. The van der Waals surface area contributed by atoms with E-state index < -0.39 is 0 Å². The lowest BCUT2D eigenvalue weighted by molar-refractivity contribution is -0.122. The minimum absolute atomic E-state index is 0.0244. The van der Waals surface area contributed by atoms with E-state index in [9.17, 15) is 4.79 Å². The first-order valence-corrected chi connectivity index (χ1v) is 4.70. The van der Waals surface area contributed by atoms with E-state index in [1.54, 1.807) is 14.1 Å². The van der Waals surface area contributed by atoms with Gasteiger partial charge in [-0.1, -0.05) is 30.3 Å². The average Bonchev–Trinajstić information content (AvgIpc) is 2.26. The summed E-state index contributed by atoms with van der Waals surface area (Å²) in [6.45, 7) is 0. The van der Waals surface area contributed by atoms with Crippen molar-refractivity contribution in [2.45, 2.75) is 12.5 Å². The van der Waals surface area contributed by atoms with Crippen LogP contribution < -0.4 is 10.6 Å². The van der Waals surface area contributed by atoms with Gasteiger partial charge in [-0.2, -0.15) is 0 Å². The molecule has 0 aliphatic rings. The molecule has 0 saturated carbocycles. The number of carbonyl (C=O) groups is 1. The van der Waals surface area contributed by atoms with Gasteiger partial charge in [0, 0.05) is 7.05 Å². The van der Waals surface area contributed by atoms with Gasteiger partial charge in [-0.3, -0.25) is 4.79 Å². The molecule has 14 heavy (non-hydrogen) atoms. The molecule has 76 valence electrons. The molecule has 0 heterocycles. The maximum absolute atomic E-state index is 11.4. The van der Waals surface area contributed by atoms with E-state index in [1.165, 1.54) is 0 Å². The van der Waals surface area contributed by atoms with E-state index in [0.717, 1.165) is 12.0 Å². The van der Waals surface area contributed by atoms with Gasteiger partial charge in [-0.05, 0) is 19.0 Å². The quantitative estimate of drug-likeness (QED) is 0.732. The standard InChI is InChI=1S/C11H16N2O/c1-12-10(11(14)13-2)8-9-6-4-3-5-7-9/h3-7,10,12H,8H2,1-2H3,(H,13,14)/t10-/m0/s1. The summed E-state index contributed by atoms with van der Waals surface area (Å²) in [7, 11) is 3.44. The van der Waals surface area contributed by atoms with E-state index >= 15 is 0 Å². The van der Waals surface area contributed by atoms with Gasteiger partial charge in [0.15, 0.2) is 0 Å². The number of benzene rings is 1. The number of nitrogens with one attached hydrogen (secondary N) is 2. The summed E-state index contributed by atoms with van der Waals surface area (Å²) >= 11 is 0. The van der Waals surface area contributed by atoms with Gasteiger partial charge in [0.25, 0.3) is 0 Å². The zero-order chi connectivity index (χ0) is 10.4. The van der Waals surface area contributed by atoms with Gasteiger partial charge in [0.05, 0.1) is 6.04 Å². The number of rotatable bonds is 4. The number of hydrogen-bond donors (Lipinski definition) is 2. The van der Waals surface area contributed by atoms with Gasteiger partial charge in [-0.25, -0.2) is 0 Å². The zero-order valence-corrected chi connectivity index (χ0v) is 8.58. The van der Waals surface area contributed by atoms with Crippen molar-refractivity contribution >= 4 is 5.91 Å². The Morgan fingerprint density at radius 1 is 1.29 bits per heavy atom. The largest absolute Gasteiger partial charge is 0.358 e. The summed E-state index contributed by atoms with van der Waals surface area (Å²) in [5, 5.41) is 5.62. The van der Waals surface area contributed by atoms with Crippen LogP contribution in [0.5, 0.6) is 0 Å². The summed E-state index contributed by atoms with van der Waals surface area (Å²) in [5.41, 5.74) is 1.16. The fourth-order valence-corrected chi connectivity index (χ4v) is 1.35. The Labute approximate surface area is 84.5 Å². The molecule has 0 radical (unpaired) electrons. The third-order valence-corrected chi connectivity index (χ3v) is 2.19. The Morgan fingerprint density at radius 3 is 2.43 bits per heavy atom. The lowest BCUT2D eigenvalue weighted by atomic mass is 10.1. The van der Waals surface area contributed by atoms with Crippen LogP contribution in [0.25, 0.3) is 0 Å². The molecule has 0 aromatic heterocycles. The monoisotopic (exact) mass is 192 g/mol. The van der Waals surface area contributed by atoms with Crippen molar-refractivity contribution in [1.82, 2.24) is 10.6 Å². The molecular weight excluding hydrogens is 176 g/mol. The molecule has 0 bridgehead atoms. The third kappa shape index (κ3) is 2.85. The summed E-state index contributed by atoms with van der Waals surface area (Å²) in [5.74, 6) is 0.0244.